The highest BCUT2D eigenvalue weighted by atomic mass is 127. The molecule has 1 unspecified atom stereocenters. The molecule has 1 aromatic carbocycles. The molecule has 7 heteroatoms. The molecule has 3 rings (SSSR count). The van der Waals surface area contributed by atoms with Crippen LogP contribution in [0.2, 0.25) is 0 Å². The molecule has 2 N–H and O–H groups in total. The van der Waals surface area contributed by atoms with Gasteiger partial charge in [-0.05, 0) is 47.4 Å². The number of aryl methyl sites for hydroxylation is 1. The van der Waals surface area contributed by atoms with Crippen LogP contribution in [0.25, 0.3) is 11.0 Å². The molecule has 0 fully saturated rings. The van der Waals surface area contributed by atoms with E-state index in [1.807, 2.05) is 25.2 Å². The first kappa shape index (κ1) is 20.7. The highest BCUT2D eigenvalue weighted by Gasteiger charge is 2.09. The van der Waals surface area contributed by atoms with E-state index in [2.05, 4.69) is 56.9 Å². The maximum atomic E-state index is 4.71. The summed E-state index contributed by atoms with van der Waals surface area (Å²) in [5, 5.41) is 11.1. The fraction of sp³-hybridized carbons (Fsp3) is 0.368. The highest BCUT2D eigenvalue weighted by molar-refractivity contribution is 14.0. The van der Waals surface area contributed by atoms with Gasteiger partial charge in [0.2, 0.25) is 0 Å². The normalized spacial score (nSPS) is 12.7. The van der Waals surface area contributed by atoms with Crippen LogP contribution in [0.4, 0.5) is 0 Å². The summed E-state index contributed by atoms with van der Waals surface area (Å²) in [4.78, 5) is 9.39. The number of halogens is 1. The number of guanidine groups is 1. The third-order valence-corrected chi connectivity index (χ3v) is 4.99. The molecular formula is C19H26IN5S. The predicted molar refractivity (Wildman–Crippen MR) is 122 cm³/mol. The Morgan fingerprint density at radius 3 is 2.77 bits per heavy atom. The second kappa shape index (κ2) is 9.91. The van der Waals surface area contributed by atoms with Gasteiger partial charge in [-0.2, -0.15) is 11.3 Å². The molecule has 0 aliphatic heterocycles. The Morgan fingerprint density at radius 1 is 1.27 bits per heavy atom. The summed E-state index contributed by atoms with van der Waals surface area (Å²) >= 11 is 1.74. The van der Waals surface area contributed by atoms with Crippen molar-refractivity contribution in [3.8, 4) is 0 Å². The standard InChI is InChI=1S/C19H25N5S.HI/c1-4-20-19(21-11-14(2)15-9-10-25-13-15)22-12-18-23-16-7-5-6-8-17(16)24(18)3;/h5-10,13-14H,4,11-12H2,1-3H3,(H2,20,21,22);1H. The molecule has 2 heterocycles. The average Bonchev–Trinajstić information content (AvgIpc) is 3.26. The monoisotopic (exact) mass is 483 g/mol. The summed E-state index contributed by atoms with van der Waals surface area (Å²) in [6.45, 7) is 6.54. The smallest absolute Gasteiger partial charge is 0.191 e. The number of nitrogens with zero attached hydrogens (tertiary/aromatic N) is 3. The van der Waals surface area contributed by atoms with Gasteiger partial charge in [0.25, 0.3) is 0 Å². The molecule has 0 radical (unpaired) electrons. The van der Waals surface area contributed by atoms with Gasteiger partial charge in [-0.25, -0.2) is 9.98 Å². The minimum atomic E-state index is 0. The largest absolute Gasteiger partial charge is 0.357 e. The van der Waals surface area contributed by atoms with Crippen LogP contribution in [-0.2, 0) is 13.6 Å². The lowest BCUT2D eigenvalue weighted by molar-refractivity contribution is 0.698. The summed E-state index contributed by atoms with van der Waals surface area (Å²) in [7, 11) is 2.04. The van der Waals surface area contributed by atoms with Crippen LogP contribution in [0.3, 0.4) is 0 Å². The first-order valence-corrected chi connectivity index (χ1v) is 9.58. The quantitative estimate of drug-likeness (QED) is 0.315. The van der Waals surface area contributed by atoms with Crippen molar-refractivity contribution in [1.82, 2.24) is 20.2 Å². The number of thiophene rings is 1. The van der Waals surface area contributed by atoms with Gasteiger partial charge in [0.05, 0.1) is 11.0 Å². The molecule has 0 saturated carbocycles. The van der Waals surface area contributed by atoms with Crippen molar-refractivity contribution < 1.29 is 0 Å². The lowest BCUT2D eigenvalue weighted by Crippen LogP contribution is -2.39. The molecule has 140 valence electrons. The van der Waals surface area contributed by atoms with Crippen LogP contribution in [0, 0.1) is 0 Å². The number of aliphatic imine (C=N–C) groups is 1. The Hall–Kier alpha value is -1.61. The highest BCUT2D eigenvalue weighted by Crippen LogP contribution is 2.17. The van der Waals surface area contributed by atoms with E-state index in [-0.39, 0.29) is 24.0 Å². The Morgan fingerprint density at radius 2 is 2.08 bits per heavy atom. The predicted octanol–water partition coefficient (Wildman–Crippen LogP) is 4.11. The molecule has 5 nitrogen and oxygen atoms in total. The van der Waals surface area contributed by atoms with Crippen molar-refractivity contribution in [2.75, 3.05) is 13.1 Å². The summed E-state index contributed by atoms with van der Waals surface area (Å²) in [6.07, 6.45) is 0. The Labute approximate surface area is 176 Å². The number of benzene rings is 1. The molecule has 0 saturated heterocycles. The Bertz CT molecular complexity index is 841. The number of para-hydroxylation sites is 2. The van der Waals surface area contributed by atoms with Crippen molar-refractivity contribution in [1.29, 1.82) is 0 Å². The molecule has 1 atom stereocenters. The van der Waals surface area contributed by atoms with E-state index in [4.69, 9.17) is 4.99 Å². The van der Waals surface area contributed by atoms with Crippen LogP contribution in [0.15, 0.2) is 46.1 Å². The van der Waals surface area contributed by atoms with Crippen molar-refractivity contribution in [2.45, 2.75) is 26.3 Å². The van der Waals surface area contributed by atoms with E-state index in [9.17, 15) is 0 Å². The lowest BCUT2D eigenvalue weighted by Gasteiger charge is -2.15. The first-order valence-electron chi connectivity index (χ1n) is 8.63. The Balaban J connectivity index is 0.00000243. The van der Waals surface area contributed by atoms with Crippen molar-refractivity contribution >= 4 is 52.3 Å². The zero-order valence-electron chi connectivity index (χ0n) is 15.4. The van der Waals surface area contributed by atoms with Crippen LogP contribution in [0.1, 0.15) is 31.2 Å². The topological polar surface area (TPSA) is 54.2 Å². The van der Waals surface area contributed by atoms with Gasteiger partial charge in [-0.1, -0.05) is 19.1 Å². The molecule has 0 aliphatic rings. The number of rotatable bonds is 6. The maximum absolute atomic E-state index is 4.71. The van der Waals surface area contributed by atoms with Gasteiger partial charge in [0.15, 0.2) is 5.96 Å². The summed E-state index contributed by atoms with van der Waals surface area (Å²) in [5.74, 6) is 2.24. The summed E-state index contributed by atoms with van der Waals surface area (Å²) in [6, 6.07) is 10.4. The van der Waals surface area contributed by atoms with Gasteiger partial charge < -0.3 is 15.2 Å². The minimum Gasteiger partial charge on any atom is -0.357 e. The van der Waals surface area contributed by atoms with E-state index < -0.39 is 0 Å². The lowest BCUT2D eigenvalue weighted by atomic mass is 10.1. The number of hydrogen-bond donors (Lipinski definition) is 2. The van der Waals surface area contributed by atoms with E-state index >= 15 is 0 Å². The van der Waals surface area contributed by atoms with Crippen molar-refractivity contribution in [3.05, 3.63) is 52.5 Å². The molecule has 0 aliphatic carbocycles. The van der Waals surface area contributed by atoms with E-state index in [1.54, 1.807) is 11.3 Å². The average molecular weight is 483 g/mol. The summed E-state index contributed by atoms with van der Waals surface area (Å²) in [5.41, 5.74) is 3.51. The minimum absolute atomic E-state index is 0. The molecule has 0 amide bonds. The van der Waals surface area contributed by atoms with Crippen LogP contribution in [-0.4, -0.2) is 28.6 Å². The second-order valence-electron chi connectivity index (χ2n) is 6.11. The number of fused-ring (bicyclic) bond motifs is 1. The molecule has 2 aromatic heterocycles. The molecular weight excluding hydrogens is 457 g/mol. The second-order valence-corrected chi connectivity index (χ2v) is 6.89. The van der Waals surface area contributed by atoms with E-state index in [1.165, 1.54) is 5.56 Å². The van der Waals surface area contributed by atoms with Crippen LogP contribution >= 0.6 is 35.3 Å². The maximum Gasteiger partial charge on any atom is 0.191 e. The van der Waals surface area contributed by atoms with Crippen LogP contribution < -0.4 is 10.6 Å². The molecule has 0 bridgehead atoms. The van der Waals surface area contributed by atoms with Crippen molar-refractivity contribution in [3.63, 3.8) is 0 Å². The van der Waals surface area contributed by atoms with Gasteiger partial charge in [-0.3, -0.25) is 0 Å². The van der Waals surface area contributed by atoms with Gasteiger partial charge in [-0.15, -0.1) is 24.0 Å². The number of hydrogen-bond acceptors (Lipinski definition) is 3. The zero-order valence-corrected chi connectivity index (χ0v) is 18.5. The van der Waals surface area contributed by atoms with Gasteiger partial charge in [0.1, 0.15) is 12.4 Å². The number of nitrogens with one attached hydrogen (secondary N) is 2. The van der Waals surface area contributed by atoms with E-state index in [0.717, 1.165) is 35.9 Å². The van der Waals surface area contributed by atoms with Gasteiger partial charge in [0, 0.05) is 20.1 Å². The molecule has 3 aromatic rings. The molecule has 0 spiro atoms. The first-order chi connectivity index (χ1) is 12.2. The van der Waals surface area contributed by atoms with Crippen molar-refractivity contribution in [2.24, 2.45) is 12.0 Å². The van der Waals surface area contributed by atoms with Gasteiger partial charge >= 0.3 is 0 Å². The third-order valence-electron chi connectivity index (χ3n) is 4.29. The van der Waals surface area contributed by atoms with E-state index in [0.29, 0.717) is 12.5 Å². The molecule has 26 heavy (non-hydrogen) atoms. The number of imidazole rings is 1. The van der Waals surface area contributed by atoms with Crippen LogP contribution in [0.5, 0.6) is 0 Å². The fourth-order valence-corrected chi connectivity index (χ4v) is 3.53. The fourth-order valence-electron chi connectivity index (χ4n) is 2.75. The Kier molecular flexibility index (Phi) is 7.89. The summed E-state index contributed by atoms with van der Waals surface area (Å²) < 4.78 is 2.11. The zero-order chi connectivity index (χ0) is 17.6. The number of aromatic nitrogens is 2. The third kappa shape index (κ3) is 4.97. The SMILES string of the molecule is CCNC(=NCc1nc2ccccc2n1C)NCC(C)c1ccsc1.I.